The van der Waals surface area contributed by atoms with Crippen molar-refractivity contribution in [3.8, 4) is 0 Å². The molecule has 0 bridgehead atoms. The Labute approximate surface area is 180 Å². The molecule has 164 valence electrons. The summed E-state index contributed by atoms with van der Waals surface area (Å²) in [5.74, 6) is -1.08. The number of hydrogen-bond acceptors (Lipinski definition) is 4. The van der Waals surface area contributed by atoms with Crippen molar-refractivity contribution in [3.05, 3.63) is 47.0 Å². The second kappa shape index (κ2) is 11.3. The van der Waals surface area contributed by atoms with Gasteiger partial charge in [0.25, 0.3) is 0 Å². The van der Waals surface area contributed by atoms with Crippen molar-refractivity contribution in [1.29, 1.82) is 0 Å². The van der Waals surface area contributed by atoms with Gasteiger partial charge in [-0.2, -0.15) is 0 Å². The highest BCUT2D eigenvalue weighted by Crippen LogP contribution is 2.22. The molecule has 1 saturated heterocycles. The van der Waals surface area contributed by atoms with Gasteiger partial charge in [0.1, 0.15) is 0 Å². The van der Waals surface area contributed by atoms with E-state index in [1.54, 1.807) is 0 Å². The first-order valence-electron chi connectivity index (χ1n) is 11.3. The number of aryl methyl sites for hydroxylation is 1. The molecule has 1 atom stereocenters. The van der Waals surface area contributed by atoms with E-state index in [0.717, 1.165) is 45.4 Å². The lowest BCUT2D eigenvalue weighted by Gasteiger charge is -2.38. The highest BCUT2D eigenvalue weighted by Gasteiger charge is 2.25. The standard InChI is InChI=1S/C24H36N4O2/c1-19-8-10-21(11-9-19)22(28-16-14-27(2)15-17-28)18-26-24(30)23(29)25-13-12-20-6-4-3-5-7-20/h6,8-11,22H,3-5,7,12-18H2,1-2H3,(H,25,29)(H,26,30)/t22-/m1/s1. The first kappa shape index (κ1) is 22.5. The second-order valence-electron chi connectivity index (χ2n) is 8.59. The van der Waals surface area contributed by atoms with Gasteiger partial charge in [-0.15, -0.1) is 0 Å². The van der Waals surface area contributed by atoms with E-state index in [2.05, 4.69) is 64.7 Å². The van der Waals surface area contributed by atoms with Crippen molar-refractivity contribution in [3.63, 3.8) is 0 Å². The van der Waals surface area contributed by atoms with Crippen molar-refractivity contribution in [1.82, 2.24) is 20.4 Å². The van der Waals surface area contributed by atoms with E-state index in [-0.39, 0.29) is 6.04 Å². The van der Waals surface area contributed by atoms with Crippen molar-refractivity contribution in [2.75, 3.05) is 46.3 Å². The third-order valence-corrected chi connectivity index (χ3v) is 6.22. The summed E-state index contributed by atoms with van der Waals surface area (Å²) < 4.78 is 0. The molecular formula is C24H36N4O2. The molecule has 6 nitrogen and oxygen atoms in total. The molecule has 1 aliphatic heterocycles. The summed E-state index contributed by atoms with van der Waals surface area (Å²) in [6, 6.07) is 8.54. The number of piperazine rings is 1. The Morgan fingerprint density at radius 2 is 1.70 bits per heavy atom. The Hall–Kier alpha value is -2.18. The molecule has 0 spiro atoms. The zero-order valence-corrected chi connectivity index (χ0v) is 18.5. The minimum atomic E-state index is -0.543. The van der Waals surface area contributed by atoms with Crippen molar-refractivity contribution in [2.45, 2.75) is 45.1 Å². The lowest BCUT2D eigenvalue weighted by molar-refractivity contribution is -0.139. The van der Waals surface area contributed by atoms with Gasteiger partial charge in [-0.3, -0.25) is 14.5 Å². The molecule has 1 aromatic rings. The van der Waals surface area contributed by atoms with Crippen LogP contribution in [0.5, 0.6) is 0 Å². The van der Waals surface area contributed by atoms with Gasteiger partial charge in [-0.1, -0.05) is 41.5 Å². The van der Waals surface area contributed by atoms with Crippen LogP contribution in [0.3, 0.4) is 0 Å². The molecule has 0 saturated carbocycles. The highest BCUT2D eigenvalue weighted by molar-refractivity contribution is 6.35. The molecule has 0 radical (unpaired) electrons. The maximum absolute atomic E-state index is 12.4. The Morgan fingerprint density at radius 1 is 1.00 bits per heavy atom. The van der Waals surface area contributed by atoms with E-state index in [0.29, 0.717) is 13.1 Å². The van der Waals surface area contributed by atoms with E-state index in [1.165, 1.54) is 29.5 Å². The van der Waals surface area contributed by atoms with Crippen LogP contribution in [0.4, 0.5) is 0 Å². The number of amides is 2. The topological polar surface area (TPSA) is 64.7 Å². The van der Waals surface area contributed by atoms with Crippen LogP contribution in [-0.4, -0.2) is 67.9 Å². The monoisotopic (exact) mass is 412 g/mol. The number of rotatable bonds is 7. The van der Waals surface area contributed by atoms with Gasteiger partial charge < -0.3 is 15.5 Å². The van der Waals surface area contributed by atoms with E-state index in [4.69, 9.17) is 0 Å². The normalized spacial score (nSPS) is 19.1. The second-order valence-corrected chi connectivity index (χ2v) is 8.59. The zero-order chi connectivity index (χ0) is 21.3. The molecule has 0 unspecified atom stereocenters. The number of nitrogens with zero attached hydrogens (tertiary/aromatic N) is 2. The van der Waals surface area contributed by atoms with Gasteiger partial charge in [-0.25, -0.2) is 0 Å². The van der Waals surface area contributed by atoms with Crippen LogP contribution in [-0.2, 0) is 9.59 Å². The number of nitrogens with one attached hydrogen (secondary N) is 2. The van der Waals surface area contributed by atoms with Crippen molar-refractivity contribution >= 4 is 11.8 Å². The molecule has 2 amide bonds. The first-order valence-corrected chi connectivity index (χ1v) is 11.3. The molecule has 2 aliphatic rings. The summed E-state index contributed by atoms with van der Waals surface area (Å²) >= 11 is 0. The summed E-state index contributed by atoms with van der Waals surface area (Å²) in [6.07, 6.45) is 7.85. The van der Waals surface area contributed by atoms with Crippen molar-refractivity contribution in [2.24, 2.45) is 0 Å². The molecule has 6 heteroatoms. The van der Waals surface area contributed by atoms with Crippen LogP contribution in [0.1, 0.15) is 49.3 Å². The number of benzene rings is 1. The van der Waals surface area contributed by atoms with E-state index >= 15 is 0 Å². The van der Waals surface area contributed by atoms with E-state index in [1.807, 2.05) is 0 Å². The van der Waals surface area contributed by atoms with Crippen LogP contribution in [0.2, 0.25) is 0 Å². The fraction of sp³-hybridized carbons (Fsp3) is 0.583. The number of hydrogen-bond donors (Lipinski definition) is 2. The molecule has 1 aliphatic carbocycles. The maximum Gasteiger partial charge on any atom is 0.309 e. The molecule has 0 aromatic heterocycles. The van der Waals surface area contributed by atoms with Gasteiger partial charge in [0.2, 0.25) is 0 Å². The summed E-state index contributed by atoms with van der Waals surface area (Å²) in [5, 5.41) is 5.65. The lowest BCUT2D eigenvalue weighted by Crippen LogP contribution is -2.49. The maximum atomic E-state index is 12.4. The summed E-state index contributed by atoms with van der Waals surface area (Å²) in [5.41, 5.74) is 3.79. The predicted octanol–water partition coefficient (Wildman–Crippen LogP) is 2.41. The third kappa shape index (κ3) is 6.67. The third-order valence-electron chi connectivity index (χ3n) is 6.22. The first-order chi connectivity index (χ1) is 14.5. The molecule has 3 rings (SSSR count). The van der Waals surface area contributed by atoms with Gasteiger partial charge in [0, 0.05) is 39.3 Å². The predicted molar refractivity (Wildman–Crippen MR) is 120 cm³/mol. The van der Waals surface area contributed by atoms with Crippen LogP contribution in [0.25, 0.3) is 0 Å². The van der Waals surface area contributed by atoms with Gasteiger partial charge >= 0.3 is 11.8 Å². The van der Waals surface area contributed by atoms with Crippen LogP contribution >= 0.6 is 0 Å². The molecule has 30 heavy (non-hydrogen) atoms. The molecular weight excluding hydrogens is 376 g/mol. The fourth-order valence-corrected chi connectivity index (χ4v) is 4.20. The quantitative estimate of drug-likeness (QED) is 0.533. The average Bonchev–Trinajstić information content (AvgIpc) is 2.76. The Balaban J connectivity index is 1.52. The number of allylic oxidation sites excluding steroid dienone is 1. The minimum Gasteiger partial charge on any atom is -0.348 e. The number of carbonyl (C=O) groups is 2. The van der Waals surface area contributed by atoms with Gasteiger partial charge in [0.05, 0.1) is 6.04 Å². The van der Waals surface area contributed by atoms with E-state index < -0.39 is 11.8 Å². The molecule has 1 fully saturated rings. The highest BCUT2D eigenvalue weighted by atomic mass is 16.2. The van der Waals surface area contributed by atoms with Gasteiger partial charge in [-0.05, 0) is 51.6 Å². The molecule has 1 heterocycles. The summed E-state index contributed by atoms with van der Waals surface area (Å²) in [4.78, 5) is 29.3. The Bertz CT molecular complexity index is 736. The largest absolute Gasteiger partial charge is 0.348 e. The smallest absolute Gasteiger partial charge is 0.309 e. The molecule has 2 N–H and O–H groups in total. The zero-order valence-electron chi connectivity index (χ0n) is 18.5. The average molecular weight is 413 g/mol. The van der Waals surface area contributed by atoms with Crippen LogP contribution < -0.4 is 10.6 Å². The summed E-state index contributed by atoms with van der Waals surface area (Å²) in [7, 11) is 2.13. The fourth-order valence-electron chi connectivity index (χ4n) is 4.20. The summed E-state index contributed by atoms with van der Waals surface area (Å²) in [6.45, 7) is 6.95. The van der Waals surface area contributed by atoms with E-state index in [9.17, 15) is 9.59 Å². The number of likely N-dealkylation sites (N-methyl/N-ethyl adjacent to an activating group) is 1. The Kier molecular flexibility index (Phi) is 8.46. The molecule has 1 aromatic carbocycles. The van der Waals surface area contributed by atoms with Crippen molar-refractivity contribution < 1.29 is 9.59 Å². The minimum absolute atomic E-state index is 0.0726. The van der Waals surface area contributed by atoms with Gasteiger partial charge in [0.15, 0.2) is 0 Å². The number of carbonyl (C=O) groups excluding carboxylic acids is 2. The van der Waals surface area contributed by atoms with Crippen LogP contribution in [0.15, 0.2) is 35.9 Å². The SMILES string of the molecule is Cc1ccc([C@@H](CNC(=O)C(=O)NCCC2=CCCCC2)N2CCN(C)CC2)cc1. The van der Waals surface area contributed by atoms with Crippen LogP contribution in [0, 0.1) is 6.92 Å². The lowest BCUT2D eigenvalue weighted by atomic mass is 9.97. The Morgan fingerprint density at radius 3 is 2.37 bits per heavy atom.